The van der Waals surface area contributed by atoms with Crippen LogP contribution in [0.4, 0.5) is 11.4 Å². The van der Waals surface area contributed by atoms with E-state index in [1.807, 2.05) is 25.1 Å². The first-order valence-corrected chi connectivity index (χ1v) is 6.74. The van der Waals surface area contributed by atoms with Crippen LogP contribution in [0.3, 0.4) is 0 Å². The van der Waals surface area contributed by atoms with Crippen molar-refractivity contribution in [2.75, 3.05) is 5.32 Å². The van der Waals surface area contributed by atoms with Crippen LogP contribution in [0.2, 0.25) is 0 Å². The van der Waals surface area contributed by atoms with Gasteiger partial charge in [0, 0.05) is 17.8 Å². The van der Waals surface area contributed by atoms with Crippen molar-refractivity contribution in [1.29, 1.82) is 0 Å². The molecule has 0 aliphatic rings. The van der Waals surface area contributed by atoms with Crippen molar-refractivity contribution < 1.29 is 14.5 Å². The monoisotopic (exact) mass is 300 g/mol. The lowest BCUT2D eigenvalue weighted by Gasteiger charge is -2.15. The van der Waals surface area contributed by atoms with Crippen molar-refractivity contribution in [1.82, 2.24) is 0 Å². The lowest BCUT2D eigenvalue weighted by molar-refractivity contribution is -0.384. The van der Waals surface area contributed by atoms with Gasteiger partial charge < -0.3 is 10.1 Å². The Kier molecular flexibility index (Phi) is 4.73. The van der Waals surface area contributed by atoms with Gasteiger partial charge in [-0.15, -0.1) is 0 Å². The normalized spacial score (nSPS) is 11.5. The number of amides is 1. The summed E-state index contributed by atoms with van der Waals surface area (Å²) in [6.07, 6.45) is -0.683. The van der Waals surface area contributed by atoms with Crippen molar-refractivity contribution in [3.63, 3.8) is 0 Å². The Hall–Kier alpha value is -2.89. The molecule has 22 heavy (non-hydrogen) atoms. The van der Waals surface area contributed by atoms with Gasteiger partial charge in [0.15, 0.2) is 6.10 Å². The van der Waals surface area contributed by atoms with Crippen LogP contribution in [-0.2, 0) is 4.79 Å². The van der Waals surface area contributed by atoms with Crippen molar-refractivity contribution in [3.05, 3.63) is 64.2 Å². The number of nitrogens with zero attached hydrogens (tertiary/aromatic N) is 1. The molecule has 0 radical (unpaired) electrons. The van der Waals surface area contributed by atoms with Crippen molar-refractivity contribution in [3.8, 4) is 5.75 Å². The number of nitro groups is 1. The number of ether oxygens (including phenoxy) is 1. The van der Waals surface area contributed by atoms with Gasteiger partial charge in [0.2, 0.25) is 0 Å². The lowest BCUT2D eigenvalue weighted by atomic mass is 10.2. The maximum Gasteiger partial charge on any atom is 0.269 e. The number of carbonyl (C=O) groups excluding carboxylic acids is 1. The van der Waals surface area contributed by atoms with Crippen molar-refractivity contribution in [2.24, 2.45) is 0 Å². The molecule has 0 fully saturated rings. The number of benzene rings is 2. The zero-order valence-corrected chi connectivity index (χ0v) is 12.3. The zero-order chi connectivity index (χ0) is 16.1. The maximum atomic E-state index is 12.1. The van der Waals surface area contributed by atoms with Gasteiger partial charge in [0.05, 0.1) is 4.92 Å². The molecule has 0 aliphatic carbocycles. The Morgan fingerprint density at radius 1 is 1.23 bits per heavy atom. The van der Waals surface area contributed by atoms with Crippen LogP contribution in [0.15, 0.2) is 48.5 Å². The SMILES string of the molecule is Cc1cccc(OC(C)C(=O)Nc2ccc([N+](=O)[O-])cc2)c1. The number of hydrogen-bond donors (Lipinski definition) is 1. The third kappa shape index (κ3) is 4.05. The standard InChI is InChI=1S/C16H16N2O4/c1-11-4-3-5-15(10-11)22-12(2)16(19)17-13-6-8-14(9-7-13)18(20)21/h3-10,12H,1-2H3,(H,17,19). The average molecular weight is 300 g/mol. The van der Waals surface area contributed by atoms with E-state index in [2.05, 4.69) is 5.32 Å². The fourth-order valence-electron chi connectivity index (χ4n) is 1.86. The van der Waals surface area contributed by atoms with Gasteiger partial charge in [0.1, 0.15) is 5.75 Å². The third-order valence-corrected chi connectivity index (χ3v) is 3.02. The molecule has 2 aromatic carbocycles. The Labute approximate surface area is 127 Å². The number of carbonyl (C=O) groups is 1. The topological polar surface area (TPSA) is 81.5 Å². The minimum Gasteiger partial charge on any atom is -0.481 e. The summed E-state index contributed by atoms with van der Waals surface area (Å²) in [6.45, 7) is 3.58. The van der Waals surface area contributed by atoms with Gasteiger partial charge in [0.25, 0.3) is 11.6 Å². The van der Waals surface area contributed by atoms with E-state index in [0.717, 1.165) is 5.56 Å². The summed E-state index contributed by atoms with van der Waals surface area (Å²) in [5.41, 5.74) is 1.50. The zero-order valence-electron chi connectivity index (χ0n) is 12.3. The predicted molar refractivity (Wildman–Crippen MR) is 83.0 cm³/mol. The number of non-ortho nitro benzene ring substituents is 1. The summed E-state index contributed by atoms with van der Waals surface area (Å²) >= 11 is 0. The smallest absolute Gasteiger partial charge is 0.269 e. The number of aryl methyl sites for hydroxylation is 1. The Balaban J connectivity index is 1.97. The molecule has 114 valence electrons. The lowest BCUT2D eigenvalue weighted by Crippen LogP contribution is -2.30. The van der Waals surface area contributed by atoms with E-state index in [4.69, 9.17) is 4.74 Å². The highest BCUT2D eigenvalue weighted by molar-refractivity contribution is 5.94. The van der Waals surface area contributed by atoms with Crippen LogP contribution >= 0.6 is 0 Å². The van der Waals surface area contributed by atoms with Gasteiger partial charge in [-0.1, -0.05) is 12.1 Å². The first kappa shape index (κ1) is 15.5. The maximum absolute atomic E-state index is 12.1. The largest absolute Gasteiger partial charge is 0.481 e. The van der Waals surface area contributed by atoms with Gasteiger partial charge in [-0.2, -0.15) is 0 Å². The minimum atomic E-state index is -0.683. The second kappa shape index (κ2) is 6.71. The molecule has 6 nitrogen and oxygen atoms in total. The molecule has 0 saturated heterocycles. The molecule has 0 bridgehead atoms. The molecule has 0 aromatic heterocycles. The molecular weight excluding hydrogens is 284 g/mol. The molecule has 1 N–H and O–H groups in total. The first-order chi connectivity index (χ1) is 10.5. The summed E-state index contributed by atoms with van der Waals surface area (Å²) in [6, 6.07) is 13.0. The Bertz CT molecular complexity index is 683. The highest BCUT2D eigenvalue weighted by atomic mass is 16.6. The van der Waals surface area contributed by atoms with Crippen LogP contribution in [0.5, 0.6) is 5.75 Å². The van der Waals surface area contributed by atoms with Gasteiger partial charge >= 0.3 is 0 Å². The van der Waals surface area contributed by atoms with E-state index in [0.29, 0.717) is 11.4 Å². The summed E-state index contributed by atoms with van der Waals surface area (Å²) in [7, 11) is 0. The Morgan fingerprint density at radius 3 is 2.50 bits per heavy atom. The fourth-order valence-corrected chi connectivity index (χ4v) is 1.86. The molecule has 2 rings (SSSR count). The van der Waals surface area contributed by atoms with Gasteiger partial charge in [-0.05, 0) is 43.7 Å². The van der Waals surface area contributed by atoms with Crippen molar-refractivity contribution in [2.45, 2.75) is 20.0 Å². The number of nitro benzene ring substituents is 1. The van der Waals surface area contributed by atoms with Crippen LogP contribution in [0.1, 0.15) is 12.5 Å². The second-order valence-corrected chi connectivity index (χ2v) is 4.87. The van der Waals surface area contributed by atoms with Gasteiger partial charge in [-0.3, -0.25) is 14.9 Å². The third-order valence-electron chi connectivity index (χ3n) is 3.02. The quantitative estimate of drug-likeness (QED) is 0.678. The average Bonchev–Trinajstić information content (AvgIpc) is 2.47. The highest BCUT2D eigenvalue weighted by Crippen LogP contribution is 2.17. The molecule has 1 unspecified atom stereocenters. The minimum absolute atomic E-state index is 0.0259. The van der Waals surface area contributed by atoms with E-state index < -0.39 is 11.0 Å². The van der Waals surface area contributed by atoms with Crippen molar-refractivity contribution >= 4 is 17.3 Å². The molecule has 0 spiro atoms. The number of hydrogen-bond acceptors (Lipinski definition) is 4. The highest BCUT2D eigenvalue weighted by Gasteiger charge is 2.15. The van der Waals surface area contributed by atoms with E-state index in [1.165, 1.54) is 24.3 Å². The molecule has 6 heteroatoms. The predicted octanol–water partition coefficient (Wildman–Crippen LogP) is 3.31. The van der Waals surface area contributed by atoms with E-state index in [-0.39, 0.29) is 11.6 Å². The molecule has 0 aliphatic heterocycles. The molecule has 0 saturated carbocycles. The summed E-state index contributed by atoms with van der Waals surface area (Å²) in [5.74, 6) is 0.293. The van der Waals surface area contributed by atoms with E-state index in [9.17, 15) is 14.9 Å². The van der Waals surface area contributed by atoms with Gasteiger partial charge in [-0.25, -0.2) is 0 Å². The van der Waals surface area contributed by atoms with E-state index in [1.54, 1.807) is 13.0 Å². The molecule has 1 amide bonds. The molecule has 2 aromatic rings. The fraction of sp³-hybridized carbons (Fsp3) is 0.188. The van der Waals surface area contributed by atoms with Crippen LogP contribution in [0, 0.1) is 17.0 Å². The summed E-state index contributed by atoms with van der Waals surface area (Å²) in [4.78, 5) is 22.1. The number of anilines is 1. The number of rotatable bonds is 5. The molecular formula is C16H16N2O4. The molecule has 1 atom stereocenters. The summed E-state index contributed by atoms with van der Waals surface area (Å²) < 4.78 is 5.57. The van der Waals surface area contributed by atoms with Crippen LogP contribution in [-0.4, -0.2) is 16.9 Å². The first-order valence-electron chi connectivity index (χ1n) is 6.74. The second-order valence-electron chi connectivity index (χ2n) is 4.87. The van der Waals surface area contributed by atoms with Crippen LogP contribution < -0.4 is 10.1 Å². The van der Waals surface area contributed by atoms with Crippen LogP contribution in [0.25, 0.3) is 0 Å². The Morgan fingerprint density at radius 2 is 1.91 bits per heavy atom. The summed E-state index contributed by atoms with van der Waals surface area (Å²) in [5, 5.41) is 13.2. The van der Waals surface area contributed by atoms with E-state index >= 15 is 0 Å². The number of nitrogens with one attached hydrogen (secondary N) is 1. The molecule has 0 heterocycles.